The lowest BCUT2D eigenvalue weighted by molar-refractivity contribution is -0.359. The molecule has 12 unspecified atom stereocenters. The maximum Gasteiger partial charge on any atom is 0.220 e. The summed E-state index contributed by atoms with van der Waals surface area (Å²) in [5.41, 5.74) is 0. The summed E-state index contributed by atoms with van der Waals surface area (Å²) in [5.74, 6) is -0.243. The van der Waals surface area contributed by atoms with E-state index in [1.807, 2.05) is 6.08 Å². The first-order valence-corrected chi connectivity index (χ1v) is 28.2. The summed E-state index contributed by atoms with van der Waals surface area (Å²) in [5, 5.41) is 86.5. The number of rotatable bonds is 44. The summed E-state index contributed by atoms with van der Waals surface area (Å²) in [6.07, 6.45) is 33.8. The number of aliphatic hydroxyl groups is 8. The second-order valence-electron chi connectivity index (χ2n) is 20.1. The molecule has 2 aliphatic heterocycles. The molecule has 410 valence electrons. The molecular weight excluding hydrogens is 895 g/mol. The van der Waals surface area contributed by atoms with Crippen LogP contribution >= 0.6 is 0 Å². The van der Waals surface area contributed by atoms with Gasteiger partial charge in [-0.2, -0.15) is 0 Å². The second kappa shape index (κ2) is 42.6. The van der Waals surface area contributed by atoms with Gasteiger partial charge in [0.05, 0.1) is 32.0 Å². The van der Waals surface area contributed by atoms with Crippen LogP contribution in [-0.4, -0.2) is 140 Å². The van der Waals surface area contributed by atoms with E-state index in [2.05, 4.69) is 43.5 Å². The van der Waals surface area contributed by atoms with Crippen LogP contribution in [0.5, 0.6) is 0 Å². The lowest BCUT2D eigenvalue weighted by Gasteiger charge is -2.46. The summed E-state index contributed by atoms with van der Waals surface area (Å²) in [4.78, 5) is 13.1. The maximum atomic E-state index is 13.1. The van der Waals surface area contributed by atoms with Crippen LogP contribution in [0.15, 0.2) is 36.5 Å². The van der Waals surface area contributed by atoms with Crippen molar-refractivity contribution in [1.29, 1.82) is 0 Å². The monoisotopic (exact) mass is 998 g/mol. The zero-order chi connectivity index (χ0) is 51.0. The molecule has 0 aromatic carbocycles. The van der Waals surface area contributed by atoms with E-state index in [9.17, 15) is 45.6 Å². The standard InChI is InChI=1S/C56H103NO13/c1-3-5-7-9-11-12-13-14-15-16-17-18-19-20-21-22-23-24-25-26-27-28-29-30-31-32-34-36-38-40-48(61)57-44(45(60)39-37-35-33-10-8-6-4-2)43-67-55-53(66)51(64)54(47(42-59)69-55)70-56-52(65)50(63)49(62)46(41-58)68-56/h13-14,16-17,37,39,44-47,49-56,58-60,62-66H,3-12,15,18-36,38,40-43H2,1-2H3,(H,57,61)/b14-13-,17-16-,39-37+. The molecule has 12 atom stereocenters. The van der Waals surface area contributed by atoms with Crippen molar-refractivity contribution in [3.8, 4) is 0 Å². The van der Waals surface area contributed by atoms with E-state index >= 15 is 0 Å². The van der Waals surface area contributed by atoms with Gasteiger partial charge in [-0.25, -0.2) is 0 Å². The van der Waals surface area contributed by atoms with Gasteiger partial charge in [-0.05, 0) is 51.4 Å². The first-order valence-electron chi connectivity index (χ1n) is 28.2. The van der Waals surface area contributed by atoms with Crippen molar-refractivity contribution < 1.29 is 64.6 Å². The molecule has 2 fully saturated rings. The number of hydrogen-bond donors (Lipinski definition) is 9. The average Bonchev–Trinajstić information content (AvgIpc) is 3.36. The van der Waals surface area contributed by atoms with Gasteiger partial charge in [0.2, 0.25) is 5.91 Å². The minimum absolute atomic E-state index is 0.243. The number of aliphatic hydroxyl groups excluding tert-OH is 8. The highest BCUT2D eigenvalue weighted by Gasteiger charge is 2.51. The highest BCUT2D eigenvalue weighted by molar-refractivity contribution is 5.76. The molecule has 0 saturated carbocycles. The molecule has 0 bridgehead atoms. The molecule has 2 saturated heterocycles. The van der Waals surface area contributed by atoms with Gasteiger partial charge in [0.25, 0.3) is 0 Å². The first kappa shape index (κ1) is 64.3. The third-order valence-electron chi connectivity index (χ3n) is 13.8. The predicted octanol–water partition coefficient (Wildman–Crippen LogP) is 8.66. The van der Waals surface area contributed by atoms with Gasteiger partial charge >= 0.3 is 0 Å². The molecule has 0 radical (unpaired) electrons. The maximum absolute atomic E-state index is 13.1. The Morgan fingerprint density at radius 3 is 1.43 bits per heavy atom. The quantitative estimate of drug-likeness (QED) is 0.0206. The van der Waals surface area contributed by atoms with Crippen LogP contribution in [0.4, 0.5) is 0 Å². The van der Waals surface area contributed by atoms with Crippen molar-refractivity contribution in [1.82, 2.24) is 5.32 Å². The minimum Gasteiger partial charge on any atom is -0.394 e. The van der Waals surface area contributed by atoms with Gasteiger partial charge < -0.3 is 65.1 Å². The van der Waals surface area contributed by atoms with Crippen LogP contribution in [0, 0.1) is 0 Å². The molecule has 14 nitrogen and oxygen atoms in total. The fourth-order valence-electron chi connectivity index (χ4n) is 9.20. The van der Waals surface area contributed by atoms with E-state index in [1.165, 1.54) is 135 Å². The van der Waals surface area contributed by atoms with E-state index in [0.29, 0.717) is 6.42 Å². The largest absolute Gasteiger partial charge is 0.394 e. The van der Waals surface area contributed by atoms with Gasteiger partial charge in [-0.1, -0.05) is 198 Å². The number of ether oxygens (including phenoxy) is 4. The molecule has 14 heteroatoms. The van der Waals surface area contributed by atoms with Gasteiger partial charge in [0.1, 0.15) is 48.8 Å². The third kappa shape index (κ3) is 28.6. The number of unbranched alkanes of at least 4 members (excludes halogenated alkanes) is 27. The van der Waals surface area contributed by atoms with Gasteiger partial charge in [0, 0.05) is 6.42 Å². The van der Waals surface area contributed by atoms with E-state index in [4.69, 9.17) is 18.9 Å². The van der Waals surface area contributed by atoms with Gasteiger partial charge in [-0.15, -0.1) is 0 Å². The molecule has 9 N–H and O–H groups in total. The Labute approximate surface area is 423 Å². The number of hydrogen-bond acceptors (Lipinski definition) is 13. The summed E-state index contributed by atoms with van der Waals surface area (Å²) >= 11 is 0. The number of amides is 1. The Kier molecular flexibility index (Phi) is 39.1. The Morgan fingerprint density at radius 1 is 0.514 bits per heavy atom. The van der Waals surface area contributed by atoms with Gasteiger partial charge in [0.15, 0.2) is 12.6 Å². The molecule has 2 rings (SSSR count). The summed E-state index contributed by atoms with van der Waals surface area (Å²) in [7, 11) is 0. The van der Waals surface area contributed by atoms with Crippen LogP contribution in [0.25, 0.3) is 0 Å². The molecule has 0 aromatic rings. The molecule has 1 amide bonds. The molecular formula is C56H103NO13. The van der Waals surface area contributed by atoms with Crippen molar-refractivity contribution >= 4 is 5.91 Å². The molecule has 0 aromatic heterocycles. The van der Waals surface area contributed by atoms with E-state index in [1.54, 1.807) is 6.08 Å². The van der Waals surface area contributed by atoms with Crippen molar-refractivity contribution in [2.24, 2.45) is 0 Å². The predicted molar refractivity (Wildman–Crippen MR) is 277 cm³/mol. The minimum atomic E-state index is -1.79. The molecule has 2 aliphatic rings. The fraction of sp³-hybridized carbons (Fsp3) is 0.875. The number of carbonyl (C=O) groups is 1. The smallest absolute Gasteiger partial charge is 0.220 e. The SMILES string of the molecule is CCCCCCC/C=C\C/C=C\CCCCCCCCCCCCCCCCCCCC(=O)NC(COC1OC(CO)C(OC2OC(CO)C(O)C(O)C2O)C(O)C1O)C(O)/C=C/CCCCCCC. The normalized spacial score (nSPS) is 26.2. The highest BCUT2D eigenvalue weighted by atomic mass is 16.7. The second-order valence-corrected chi connectivity index (χ2v) is 20.1. The van der Waals surface area contributed by atoms with Gasteiger partial charge in [-0.3, -0.25) is 4.79 Å². The Hall–Kier alpha value is -1.79. The fourth-order valence-corrected chi connectivity index (χ4v) is 9.20. The van der Waals surface area contributed by atoms with Crippen LogP contribution in [0.2, 0.25) is 0 Å². The van der Waals surface area contributed by atoms with Crippen molar-refractivity contribution in [3.05, 3.63) is 36.5 Å². The van der Waals surface area contributed by atoms with E-state index in [-0.39, 0.29) is 18.9 Å². The lowest BCUT2D eigenvalue weighted by Crippen LogP contribution is -2.65. The lowest BCUT2D eigenvalue weighted by atomic mass is 9.97. The van der Waals surface area contributed by atoms with Crippen molar-refractivity contribution in [3.63, 3.8) is 0 Å². The van der Waals surface area contributed by atoms with E-state index < -0.39 is 86.8 Å². The van der Waals surface area contributed by atoms with Crippen molar-refractivity contribution in [2.45, 2.75) is 293 Å². The topological polar surface area (TPSA) is 228 Å². The summed E-state index contributed by atoms with van der Waals surface area (Å²) in [6.45, 7) is 2.71. The van der Waals surface area contributed by atoms with E-state index in [0.717, 1.165) is 57.8 Å². The number of allylic oxidation sites excluding steroid dienone is 5. The Balaban J connectivity index is 1.62. The molecule has 2 heterocycles. The first-order chi connectivity index (χ1) is 34.1. The summed E-state index contributed by atoms with van der Waals surface area (Å²) in [6, 6.07) is -0.910. The summed E-state index contributed by atoms with van der Waals surface area (Å²) < 4.78 is 22.6. The zero-order valence-electron chi connectivity index (χ0n) is 43.8. The van der Waals surface area contributed by atoms with Crippen LogP contribution < -0.4 is 5.32 Å². The Bertz CT molecular complexity index is 1320. The number of nitrogens with one attached hydrogen (secondary N) is 1. The highest BCUT2D eigenvalue weighted by Crippen LogP contribution is 2.30. The molecule has 0 aliphatic carbocycles. The average molecular weight is 998 g/mol. The van der Waals surface area contributed by atoms with Crippen LogP contribution in [0.1, 0.15) is 219 Å². The zero-order valence-corrected chi connectivity index (χ0v) is 43.8. The van der Waals surface area contributed by atoms with Crippen LogP contribution in [0.3, 0.4) is 0 Å². The number of carbonyl (C=O) groups excluding carboxylic acids is 1. The molecule has 0 spiro atoms. The molecule has 70 heavy (non-hydrogen) atoms. The third-order valence-corrected chi connectivity index (χ3v) is 13.8. The Morgan fingerprint density at radius 2 is 0.943 bits per heavy atom. The van der Waals surface area contributed by atoms with Crippen molar-refractivity contribution in [2.75, 3.05) is 19.8 Å². The van der Waals surface area contributed by atoms with Crippen LogP contribution in [-0.2, 0) is 23.7 Å².